The maximum Gasteiger partial charge on any atom is 0.160 e. The fraction of sp³-hybridized carbons (Fsp3) is 0.710. The molecule has 0 bridgehead atoms. The smallest absolute Gasteiger partial charge is 0.160 e. The highest BCUT2D eigenvalue weighted by molar-refractivity contribution is 6.00. The van der Waals surface area contributed by atoms with Crippen LogP contribution in [0.15, 0.2) is 46.6 Å². The quantitative estimate of drug-likeness (QED) is 0.251. The molecule has 3 rings (SSSR count). The Morgan fingerprint density at radius 2 is 1.80 bits per heavy atom. The molecular formula is C31H48O4. The summed E-state index contributed by atoms with van der Waals surface area (Å²) in [6.07, 6.45) is 12.9. The van der Waals surface area contributed by atoms with Crippen LogP contribution >= 0.6 is 0 Å². The van der Waals surface area contributed by atoms with Crippen LogP contribution in [0.4, 0.5) is 0 Å². The first-order chi connectivity index (χ1) is 16.3. The van der Waals surface area contributed by atoms with Gasteiger partial charge in [0.05, 0.1) is 18.8 Å². The Hall–Kier alpha value is -1.49. The number of ether oxygens (including phenoxy) is 1. The molecule has 35 heavy (non-hydrogen) atoms. The third kappa shape index (κ3) is 4.91. The second kappa shape index (κ2) is 10.5. The molecule has 0 aromatic carbocycles. The third-order valence-electron chi connectivity index (χ3n) is 10.0. The first kappa shape index (κ1) is 28.1. The van der Waals surface area contributed by atoms with Crippen LogP contribution in [-0.2, 0) is 9.53 Å². The van der Waals surface area contributed by atoms with E-state index in [0.717, 1.165) is 42.4 Å². The van der Waals surface area contributed by atoms with Crippen LogP contribution < -0.4 is 0 Å². The number of methoxy groups -OCH3 is 1. The van der Waals surface area contributed by atoms with Gasteiger partial charge in [0.25, 0.3) is 0 Å². The van der Waals surface area contributed by atoms with Gasteiger partial charge in [0.1, 0.15) is 0 Å². The van der Waals surface area contributed by atoms with E-state index >= 15 is 0 Å². The summed E-state index contributed by atoms with van der Waals surface area (Å²) in [4.78, 5) is 13.5. The van der Waals surface area contributed by atoms with Crippen LogP contribution in [0.1, 0.15) is 87.0 Å². The summed E-state index contributed by atoms with van der Waals surface area (Å²) in [7, 11) is 1.75. The molecule has 4 heteroatoms. The van der Waals surface area contributed by atoms with E-state index < -0.39 is 11.5 Å². The standard InChI is InChI=1S/C31H48O4/c1-20(2)12-13-24(35-8)21(3)10-9-11-22(4)28-23(33)18-26-29(5)17-15-27(34)31(7,19-32)25(29)14-16-30(26,28)6/h9-12,24-27,32,34H,13-19H2,1-8H3/b11-9+,21-10+,28-22+/t24-,25?,26-,27+,29-,30-,31+/m0/s1. The number of carbonyl (C=O) groups excluding carboxylic acids is 1. The molecule has 0 heterocycles. The first-order valence-corrected chi connectivity index (χ1v) is 13.4. The van der Waals surface area contributed by atoms with Crippen LogP contribution in [0.3, 0.4) is 0 Å². The molecule has 0 spiro atoms. The van der Waals surface area contributed by atoms with Crippen LogP contribution in [0.25, 0.3) is 0 Å². The minimum Gasteiger partial charge on any atom is -0.396 e. The van der Waals surface area contributed by atoms with Crippen molar-refractivity contribution < 1.29 is 19.7 Å². The number of Topliss-reactive ketones (excluding diaryl/α,β-unsaturated/α-hetero) is 1. The largest absolute Gasteiger partial charge is 0.396 e. The van der Waals surface area contributed by atoms with E-state index in [-0.39, 0.29) is 41.2 Å². The van der Waals surface area contributed by atoms with Gasteiger partial charge in [-0.1, -0.05) is 50.6 Å². The van der Waals surface area contributed by atoms with Gasteiger partial charge >= 0.3 is 0 Å². The molecular weight excluding hydrogens is 436 g/mol. The van der Waals surface area contributed by atoms with E-state index in [1.807, 2.05) is 6.92 Å². The molecule has 1 unspecified atom stereocenters. The SMILES string of the molecule is CO[C@@H](CC=C(C)C)/C(C)=C/C=C/C(C)=C1\C(=O)C[C@H]2[C@@]3(C)CC[C@@H](O)[C@](C)(CO)C3CC[C@]12C. The van der Waals surface area contributed by atoms with Gasteiger partial charge in [0.2, 0.25) is 0 Å². The summed E-state index contributed by atoms with van der Waals surface area (Å²) in [6.45, 7) is 15.0. The molecule has 0 aromatic rings. The van der Waals surface area contributed by atoms with Gasteiger partial charge < -0.3 is 14.9 Å². The topological polar surface area (TPSA) is 66.8 Å². The molecule has 3 aliphatic rings. The number of aliphatic hydroxyl groups excluding tert-OH is 2. The second-order valence-electron chi connectivity index (χ2n) is 12.5. The number of hydrogen-bond acceptors (Lipinski definition) is 4. The van der Waals surface area contributed by atoms with E-state index in [1.165, 1.54) is 5.57 Å². The van der Waals surface area contributed by atoms with Crippen LogP contribution in [-0.4, -0.2) is 41.9 Å². The summed E-state index contributed by atoms with van der Waals surface area (Å²) in [5.41, 5.74) is 3.79. The first-order valence-electron chi connectivity index (χ1n) is 13.4. The molecule has 3 aliphatic carbocycles. The van der Waals surface area contributed by atoms with E-state index in [9.17, 15) is 15.0 Å². The number of rotatable bonds is 7. The van der Waals surface area contributed by atoms with Crippen molar-refractivity contribution >= 4 is 5.78 Å². The van der Waals surface area contributed by atoms with E-state index in [2.05, 4.69) is 65.8 Å². The number of fused-ring (bicyclic) bond motifs is 3. The maximum absolute atomic E-state index is 13.5. The predicted octanol–water partition coefficient (Wildman–Crippen LogP) is 6.34. The Bertz CT molecular complexity index is 936. The highest BCUT2D eigenvalue weighted by Crippen LogP contribution is 2.69. The van der Waals surface area contributed by atoms with Crippen LogP contribution in [0.5, 0.6) is 0 Å². The fourth-order valence-electron chi connectivity index (χ4n) is 7.96. The van der Waals surface area contributed by atoms with Crippen molar-refractivity contribution in [1.29, 1.82) is 0 Å². The lowest BCUT2D eigenvalue weighted by molar-refractivity contribution is -0.178. The van der Waals surface area contributed by atoms with E-state index in [4.69, 9.17) is 4.74 Å². The molecule has 0 amide bonds. The summed E-state index contributed by atoms with van der Waals surface area (Å²) < 4.78 is 5.67. The lowest BCUT2D eigenvalue weighted by Gasteiger charge is -2.62. The molecule has 3 fully saturated rings. The van der Waals surface area contributed by atoms with Gasteiger partial charge in [-0.25, -0.2) is 0 Å². The zero-order chi connectivity index (χ0) is 26.2. The normalized spacial score (nSPS) is 39.9. The van der Waals surface area contributed by atoms with Crippen molar-refractivity contribution in [3.05, 3.63) is 46.6 Å². The summed E-state index contributed by atoms with van der Waals surface area (Å²) in [5.74, 6) is 0.747. The highest BCUT2D eigenvalue weighted by atomic mass is 16.5. The minimum absolute atomic E-state index is 0.00195. The summed E-state index contributed by atoms with van der Waals surface area (Å²) in [6, 6.07) is 0. The van der Waals surface area contributed by atoms with Crippen molar-refractivity contribution in [3.8, 4) is 0 Å². The van der Waals surface area contributed by atoms with Crippen molar-refractivity contribution in [1.82, 2.24) is 0 Å². The minimum atomic E-state index is -0.496. The maximum atomic E-state index is 13.5. The summed E-state index contributed by atoms with van der Waals surface area (Å²) in [5, 5.41) is 21.0. The average molecular weight is 485 g/mol. The average Bonchev–Trinajstić information content (AvgIpc) is 3.08. The van der Waals surface area contributed by atoms with E-state index in [1.54, 1.807) is 7.11 Å². The van der Waals surface area contributed by atoms with Gasteiger partial charge in [-0.2, -0.15) is 0 Å². The van der Waals surface area contributed by atoms with Gasteiger partial charge in [0.15, 0.2) is 5.78 Å². The number of hydrogen-bond donors (Lipinski definition) is 2. The Labute approximate surface area is 213 Å². The lowest BCUT2D eigenvalue weighted by Crippen LogP contribution is -2.59. The monoisotopic (exact) mass is 484 g/mol. The van der Waals surface area contributed by atoms with Gasteiger partial charge in [-0.15, -0.1) is 0 Å². The Morgan fingerprint density at radius 3 is 2.40 bits per heavy atom. The zero-order valence-electron chi connectivity index (χ0n) is 23.3. The molecule has 196 valence electrons. The molecule has 4 nitrogen and oxygen atoms in total. The van der Waals surface area contributed by atoms with Crippen molar-refractivity contribution in [2.75, 3.05) is 13.7 Å². The molecule has 0 aromatic heterocycles. The van der Waals surface area contributed by atoms with Crippen molar-refractivity contribution in [3.63, 3.8) is 0 Å². The lowest BCUT2D eigenvalue weighted by atomic mass is 9.43. The summed E-state index contributed by atoms with van der Waals surface area (Å²) >= 11 is 0. The molecule has 0 radical (unpaired) electrons. The second-order valence-corrected chi connectivity index (χ2v) is 12.5. The molecule has 0 aliphatic heterocycles. The molecule has 3 saturated carbocycles. The molecule has 2 N–H and O–H groups in total. The number of aliphatic hydroxyl groups is 2. The Balaban J connectivity index is 1.89. The highest BCUT2D eigenvalue weighted by Gasteiger charge is 2.65. The number of ketones is 1. The van der Waals surface area contributed by atoms with Gasteiger partial charge in [0, 0.05) is 29.9 Å². The van der Waals surface area contributed by atoms with Crippen molar-refractivity contribution in [2.45, 2.75) is 99.2 Å². The zero-order valence-corrected chi connectivity index (χ0v) is 23.3. The van der Waals surface area contributed by atoms with E-state index in [0.29, 0.717) is 12.8 Å². The van der Waals surface area contributed by atoms with Gasteiger partial charge in [-0.05, 0) is 88.2 Å². The van der Waals surface area contributed by atoms with Crippen molar-refractivity contribution in [2.24, 2.45) is 28.1 Å². The number of allylic oxidation sites excluding steroid dienone is 6. The fourth-order valence-corrected chi connectivity index (χ4v) is 7.96. The Morgan fingerprint density at radius 1 is 1.11 bits per heavy atom. The number of carbonyl (C=O) groups is 1. The van der Waals surface area contributed by atoms with Crippen LogP contribution in [0, 0.1) is 28.1 Å². The van der Waals surface area contributed by atoms with Gasteiger partial charge in [-0.3, -0.25) is 4.79 Å². The predicted molar refractivity (Wildman–Crippen MR) is 143 cm³/mol. The molecule has 7 atom stereocenters. The Kier molecular flexibility index (Phi) is 8.41. The molecule has 0 saturated heterocycles. The van der Waals surface area contributed by atoms with Crippen LogP contribution in [0.2, 0.25) is 0 Å². The third-order valence-corrected chi connectivity index (χ3v) is 10.0.